The van der Waals surface area contributed by atoms with E-state index >= 15 is 0 Å². The monoisotopic (exact) mass is 301 g/mol. The van der Waals surface area contributed by atoms with Crippen LogP contribution in [-0.4, -0.2) is 54.2 Å². The Labute approximate surface area is 118 Å². The number of nitrogen functional groups attached to an aromatic ring is 1. The van der Waals surface area contributed by atoms with Gasteiger partial charge in [0.15, 0.2) is 5.03 Å². The molecule has 20 heavy (non-hydrogen) atoms. The second-order valence-corrected chi connectivity index (χ2v) is 7.23. The minimum Gasteiger partial charge on any atom is -0.396 e. The molecule has 2 rings (SSSR count). The highest BCUT2D eigenvalue weighted by atomic mass is 32.2. The highest BCUT2D eigenvalue weighted by molar-refractivity contribution is 7.89. The molecule has 0 aliphatic carbocycles. The SMILES string of the molecule is CC1(C)CN(S(=O)(=O)c2ncccc2N)CC(CO)O1. The van der Waals surface area contributed by atoms with E-state index in [1.54, 1.807) is 19.9 Å². The highest BCUT2D eigenvalue weighted by Crippen LogP contribution is 2.27. The van der Waals surface area contributed by atoms with Gasteiger partial charge in [0.2, 0.25) is 0 Å². The first kappa shape index (κ1) is 15.2. The van der Waals surface area contributed by atoms with Crippen LogP contribution in [0, 0.1) is 0 Å². The van der Waals surface area contributed by atoms with Gasteiger partial charge in [-0.1, -0.05) is 0 Å². The van der Waals surface area contributed by atoms with Crippen molar-refractivity contribution in [1.29, 1.82) is 0 Å². The molecular weight excluding hydrogens is 282 g/mol. The average Bonchev–Trinajstić information content (AvgIpc) is 2.37. The number of aliphatic hydroxyl groups is 1. The Hall–Kier alpha value is -1.22. The summed E-state index contributed by atoms with van der Waals surface area (Å²) in [4.78, 5) is 3.87. The van der Waals surface area contributed by atoms with Gasteiger partial charge in [0.25, 0.3) is 10.0 Å². The van der Waals surface area contributed by atoms with Gasteiger partial charge >= 0.3 is 0 Å². The molecule has 112 valence electrons. The summed E-state index contributed by atoms with van der Waals surface area (Å²) in [5.74, 6) is 0. The first-order valence-corrected chi connectivity index (χ1v) is 7.69. The van der Waals surface area contributed by atoms with E-state index in [4.69, 9.17) is 10.5 Å². The van der Waals surface area contributed by atoms with Crippen LogP contribution < -0.4 is 5.73 Å². The standard InChI is InChI=1S/C12H19N3O4S/c1-12(2)8-15(6-9(7-16)19-12)20(17,18)11-10(13)4-3-5-14-11/h3-5,9,16H,6-8,13H2,1-2H3. The lowest BCUT2D eigenvalue weighted by molar-refractivity contribution is -0.131. The van der Waals surface area contributed by atoms with Crippen molar-refractivity contribution in [2.45, 2.75) is 30.6 Å². The molecule has 0 radical (unpaired) electrons. The molecule has 0 saturated carbocycles. The van der Waals surface area contributed by atoms with E-state index in [-0.39, 0.29) is 30.4 Å². The molecule has 1 aliphatic rings. The summed E-state index contributed by atoms with van der Waals surface area (Å²) in [5, 5.41) is 9.09. The lowest BCUT2D eigenvalue weighted by atomic mass is 10.1. The van der Waals surface area contributed by atoms with Gasteiger partial charge in [0, 0.05) is 19.3 Å². The molecule has 8 heteroatoms. The summed E-state index contributed by atoms with van der Waals surface area (Å²) in [7, 11) is -3.80. The lowest BCUT2D eigenvalue weighted by Gasteiger charge is -2.41. The number of aromatic nitrogens is 1. The van der Waals surface area contributed by atoms with Gasteiger partial charge in [-0.25, -0.2) is 13.4 Å². The van der Waals surface area contributed by atoms with Crippen LogP contribution in [0.5, 0.6) is 0 Å². The summed E-state index contributed by atoms with van der Waals surface area (Å²) >= 11 is 0. The first-order chi connectivity index (χ1) is 9.26. The fraction of sp³-hybridized carbons (Fsp3) is 0.583. The van der Waals surface area contributed by atoms with Crippen molar-refractivity contribution in [1.82, 2.24) is 9.29 Å². The molecule has 0 aromatic carbocycles. The zero-order valence-electron chi connectivity index (χ0n) is 11.5. The maximum Gasteiger partial charge on any atom is 0.262 e. The van der Waals surface area contributed by atoms with Crippen LogP contribution in [0.1, 0.15) is 13.8 Å². The Morgan fingerprint density at radius 3 is 2.90 bits per heavy atom. The molecule has 0 amide bonds. The highest BCUT2D eigenvalue weighted by Gasteiger charge is 2.40. The van der Waals surface area contributed by atoms with E-state index in [2.05, 4.69) is 4.98 Å². The first-order valence-electron chi connectivity index (χ1n) is 6.25. The number of hydrogen-bond acceptors (Lipinski definition) is 6. The Morgan fingerprint density at radius 2 is 2.30 bits per heavy atom. The smallest absolute Gasteiger partial charge is 0.262 e. The van der Waals surface area contributed by atoms with E-state index in [0.29, 0.717) is 0 Å². The minimum atomic E-state index is -3.80. The Bertz CT molecular complexity index is 588. The van der Waals surface area contributed by atoms with Gasteiger partial charge in [-0.3, -0.25) is 0 Å². The maximum absolute atomic E-state index is 12.6. The van der Waals surface area contributed by atoms with Gasteiger partial charge < -0.3 is 15.6 Å². The van der Waals surface area contributed by atoms with Crippen LogP contribution in [0.3, 0.4) is 0 Å². The number of sulfonamides is 1. The number of rotatable bonds is 3. The molecule has 1 fully saturated rings. The predicted octanol–water partition coefficient (Wildman–Crippen LogP) is -0.176. The number of nitrogens with zero attached hydrogens (tertiary/aromatic N) is 2. The normalized spacial score (nSPS) is 23.6. The number of ether oxygens (including phenoxy) is 1. The van der Waals surface area contributed by atoms with E-state index in [9.17, 15) is 13.5 Å². The predicted molar refractivity (Wildman–Crippen MR) is 73.4 cm³/mol. The molecule has 1 saturated heterocycles. The second kappa shape index (κ2) is 5.28. The molecule has 0 bridgehead atoms. The Kier molecular flexibility index (Phi) is 4.01. The van der Waals surface area contributed by atoms with Gasteiger partial charge in [-0.15, -0.1) is 0 Å². The zero-order chi connectivity index (χ0) is 15.0. The van der Waals surface area contributed by atoms with E-state index < -0.39 is 21.7 Å². The quantitative estimate of drug-likeness (QED) is 0.802. The van der Waals surface area contributed by atoms with E-state index in [1.807, 2.05) is 0 Å². The Morgan fingerprint density at radius 1 is 1.60 bits per heavy atom. The number of anilines is 1. The van der Waals surface area contributed by atoms with E-state index in [0.717, 1.165) is 0 Å². The van der Waals surface area contributed by atoms with Crippen LogP contribution in [0.15, 0.2) is 23.4 Å². The average molecular weight is 301 g/mol. The van der Waals surface area contributed by atoms with Crippen molar-refractivity contribution in [3.8, 4) is 0 Å². The van der Waals surface area contributed by atoms with E-state index in [1.165, 1.54) is 16.6 Å². The minimum absolute atomic E-state index is 0.0816. The van der Waals surface area contributed by atoms with Crippen molar-refractivity contribution in [3.05, 3.63) is 18.3 Å². The third kappa shape index (κ3) is 2.93. The van der Waals surface area contributed by atoms with Crippen LogP contribution in [0.2, 0.25) is 0 Å². The van der Waals surface area contributed by atoms with Crippen LogP contribution in [0.4, 0.5) is 5.69 Å². The Balaban J connectivity index is 2.36. The topological polar surface area (TPSA) is 106 Å². The summed E-state index contributed by atoms with van der Waals surface area (Å²) in [6.45, 7) is 3.57. The molecule has 1 unspecified atom stereocenters. The van der Waals surface area contributed by atoms with Gasteiger partial charge in [0.05, 0.1) is 24.0 Å². The van der Waals surface area contributed by atoms with Crippen molar-refractivity contribution in [2.75, 3.05) is 25.4 Å². The van der Waals surface area contributed by atoms with Crippen LogP contribution >= 0.6 is 0 Å². The summed E-state index contributed by atoms with van der Waals surface area (Å²) in [6.07, 6.45) is 0.830. The molecular formula is C12H19N3O4S. The fourth-order valence-corrected chi connectivity index (χ4v) is 3.91. The zero-order valence-corrected chi connectivity index (χ0v) is 12.3. The third-order valence-electron chi connectivity index (χ3n) is 3.04. The second-order valence-electron chi connectivity index (χ2n) is 5.38. The molecule has 7 nitrogen and oxygen atoms in total. The fourth-order valence-electron chi connectivity index (χ4n) is 2.26. The molecule has 1 aromatic rings. The molecule has 0 spiro atoms. The third-order valence-corrected chi connectivity index (χ3v) is 4.83. The molecule has 1 atom stereocenters. The maximum atomic E-state index is 12.6. The number of aliphatic hydroxyl groups excluding tert-OH is 1. The van der Waals surface area contributed by atoms with Crippen LogP contribution in [-0.2, 0) is 14.8 Å². The number of nitrogens with two attached hydrogens (primary N) is 1. The number of morpholine rings is 1. The molecule has 1 aromatic heterocycles. The summed E-state index contributed by atoms with van der Waals surface area (Å²) < 4.78 is 32.1. The van der Waals surface area contributed by atoms with Gasteiger partial charge in [0.1, 0.15) is 0 Å². The van der Waals surface area contributed by atoms with Gasteiger partial charge in [-0.05, 0) is 26.0 Å². The summed E-state index contributed by atoms with van der Waals surface area (Å²) in [5.41, 5.74) is 5.13. The van der Waals surface area contributed by atoms with Crippen molar-refractivity contribution >= 4 is 15.7 Å². The van der Waals surface area contributed by atoms with Gasteiger partial charge in [-0.2, -0.15) is 4.31 Å². The number of hydrogen-bond donors (Lipinski definition) is 2. The molecule has 3 N–H and O–H groups in total. The molecule has 2 heterocycles. The molecule has 1 aliphatic heterocycles. The number of pyridine rings is 1. The largest absolute Gasteiger partial charge is 0.396 e. The van der Waals surface area contributed by atoms with Crippen molar-refractivity contribution < 1.29 is 18.3 Å². The van der Waals surface area contributed by atoms with Crippen molar-refractivity contribution in [2.24, 2.45) is 0 Å². The van der Waals surface area contributed by atoms with Crippen LogP contribution in [0.25, 0.3) is 0 Å². The lowest BCUT2D eigenvalue weighted by Crippen LogP contribution is -2.55. The van der Waals surface area contributed by atoms with Crippen molar-refractivity contribution in [3.63, 3.8) is 0 Å². The summed E-state index contributed by atoms with van der Waals surface area (Å²) in [6, 6.07) is 3.07.